The molecule has 1 aromatic carbocycles. The van der Waals surface area contributed by atoms with Crippen molar-refractivity contribution in [2.24, 2.45) is 11.7 Å². The number of halogens is 1. The van der Waals surface area contributed by atoms with E-state index in [-0.39, 0.29) is 0 Å². The van der Waals surface area contributed by atoms with Gasteiger partial charge in [-0.05, 0) is 44.0 Å². The molecule has 1 aliphatic rings. The number of nitrogens with zero attached hydrogens (tertiary/aromatic N) is 1. The van der Waals surface area contributed by atoms with E-state index in [1.807, 2.05) is 24.3 Å². The largest absolute Gasteiger partial charge is 0.491 e. The topological polar surface area (TPSA) is 38.5 Å². The van der Waals surface area contributed by atoms with Gasteiger partial charge in [-0.2, -0.15) is 0 Å². The highest BCUT2D eigenvalue weighted by Gasteiger charge is 2.18. The fourth-order valence-electron chi connectivity index (χ4n) is 2.39. The number of para-hydroxylation sites is 1. The molecule has 18 heavy (non-hydrogen) atoms. The van der Waals surface area contributed by atoms with Gasteiger partial charge >= 0.3 is 0 Å². The number of hydrogen-bond donors (Lipinski definition) is 1. The average molecular weight is 269 g/mol. The molecule has 0 bridgehead atoms. The van der Waals surface area contributed by atoms with Crippen LogP contribution in [0.5, 0.6) is 5.75 Å². The summed E-state index contributed by atoms with van der Waals surface area (Å²) < 4.78 is 5.70. The number of ether oxygens (including phenoxy) is 1. The first-order valence-electron chi connectivity index (χ1n) is 6.59. The van der Waals surface area contributed by atoms with E-state index in [0.29, 0.717) is 17.5 Å². The lowest BCUT2D eigenvalue weighted by Gasteiger charge is -2.31. The van der Waals surface area contributed by atoms with Crippen LogP contribution in [0.2, 0.25) is 5.02 Å². The Bertz CT molecular complexity index is 373. The second-order valence-corrected chi connectivity index (χ2v) is 5.23. The number of hydrogen-bond acceptors (Lipinski definition) is 3. The Morgan fingerprint density at radius 1 is 1.39 bits per heavy atom. The normalized spacial score (nSPS) is 20.9. The fourth-order valence-corrected chi connectivity index (χ4v) is 2.58. The number of likely N-dealkylation sites (tertiary alicyclic amines) is 1. The summed E-state index contributed by atoms with van der Waals surface area (Å²) in [4.78, 5) is 2.43. The van der Waals surface area contributed by atoms with E-state index < -0.39 is 0 Å². The van der Waals surface area contributed by atoms with Gasteiger partial charge in [0.2, 0.25) is 0 Å². The van der Waals surface area contributed by atoms with Gasteiger partial charge in [0.05, 0.1) is 5.02 Å². The Hall–Kier alpha value is -0.770. The van der Waals surface area contributed by atoms with E-state index in [4.69, 9.17) is 22.1 Å². The summed E-state index contributed by atoms with van der Waals surface area (Å²) in [5.74, 6) is 1.42. The van der Waals surface area contributed by atoms with Crippen molar-refractivity contribution in [1.29, 1.82) is 0 Å². The lowest BCUT2D eigenvalue weighted by Crippen LogP contribution is -2.40. The molecule has 4 heteroatoms. The summed E-state index contributed by atoms with van der Waals surface area (Å²) in [6.07, 6.45) is 2.51. The van der Waals surface area contributed by atoms with E-state index in [0.717, 1.165) is 31.9 Å². The van der Waals surface area contributed by atoms with E-state index >= 15 is 0 Å². The van der Waals surface area contributed by atoms with Crippen LogP contribution in [0.1, 0.15) is 12.8 Å². The number of nitrogens with two attached hydrogens (primary N) is 1. The highest BCUT2D eigenvalue weighted by atomic mass is 35.5. The summed E-state index contributed by atoms with van der Waals surface area (Å²) >= 11 is 6.04. The monoisotopic (exact) mass is 268 g/mol. The van der Waals surface area contributed by atoms with Gasteiger partial charge in [-0.1, -0.05) is 23.7 Å². The smallest absolute Gasteiger partial charge is 0.137 e. The van der Waals surface area contributed by atoms with Gasteiger partial charge in [0.15, 0.2) is 0 Å². The second-order valence-electron chi connectivity index (χ2n) is 4.82. The molecule has 2 N–H and O–H groups in total. The van der Waals surface area contributed by atoms with Crippen molar-refractivity contribution in [2.75, 3.05) is 32.8 Å². The first-order chi connectivity index (χ1) is 8.79. The summed E-state index contributed by atoms with van der Waals surface area (Å²) in [5, 5.41) is 0.677. The van der Waals surface area contributed by atoms with Crippen LogP contribution in [-0.2, 0) is 0 Å². The number of piperidine rings is 1. The molecule has 1 saturated heterocycles. The van der Waals surface area contributed by atoms with Crippen molar-refractivity contribution in [3.05, 3.63) is 29.3 Å². The third kappa shape index (κ3) is 3.87. The van der Waals surface area contributed by atoms with Crippen molar-refractivity contribution < 1.29 is 4.74 Å². The zero-order valence-electron chi connectivity index (χ0n) is 10.6. The molecule has 1 unspecified atom stereocenters. The van der Waals surface area contributed by atoms with Gasteiger partial charge in [0, 0.05) is 13.1 Å². The molecular formula is C14H21ClN2O. The molecule has 0 radical (unpaired) electrons. The van der Waals surface area contributed by atoms with Crippen molar-refractivity contribution in [2.45, 2.75) is 12.8 Å². The van der Waals surface area contributed by atoms with Crippen LogP contribution in [0.4, 0.5) is 0 Å². The van der Waals surface area contributed by atoms with Crippen LogP contribution in [0.3, 0.4) is 0 Å². The van der Waals surface area contributed by atoms with Crippen LogP contribution in [0.15, 0.2) is 24.3 Å². The second kappa shape index (κ2) is 6.98. The molecule has 1 fully saturated rings. The van der Waals surface area contributed by atoms with E-state index in [2.05, 4.69) is 4.90 Å². The SMILES string of the molecule is NCC1CCCN(CCOc2ccccc2Cl)C1. The van der Waals surface area contributed by atoms with Gasteiger partial charge < -0.3 is 10.5 Å². The zero-order chi connectivity index (χ0) is 12.8. The van der Waals surface area contributed by atoms with Gasteiger partial charge in [0.1, 0.15) is 12.4 Å². The minimum atomic E-state index is 0.652. The first kappa shape index (κ1) is 13.7. The molecule has 0 amide bonds. The van der Waals surface area contributed by atoms with Crippen molar-refractivity contribution in [3.63, 3.8) is 0 Å². The molecule has 1 aliphatic heterocycles. The minimum Gasteiger partial charge on any atom is -0.491 e. The maximum absolute atomic E-state index is 6.04. The predicted molar refractivity (Wildman–Crippen MR) is 75.2 cm³/mol. The maximum Gasteiger partial charge on any atom is 0.137 e. The average Bonchev–Trinajstić information content (AvgIpc) is 2.41. The zero-order valence-corrected chi connectivity index (χ0v) is 11.4. The molecule has 0 aromatic heterocycles. The summed E-state index contributed by atoms with van der Waals surface area (Å²) in [7, 11) is 0. The molecule has 1 aromatic rings. The maximum atomic E-state index is 6.04. The third-order valence-electron chi connectivity index (χ3n) is 3.44. The van der Waals surface area contributed by atoms with Gasteiger partial charge in [-0.25, -0.2) is 0 Å². The molecule has 3 nitrogen and oxygen atoms in total. The van der Waals surface area contributed by atoms with Crippen LogP contribution < -0.4 is 10.5 Å². The highest BCUT2D eigenvalue weighted by Crippen LogP contribution is 2.23. The number of rotatable bonds is 5. The van der Waals surface area contributed by atoms with Gasteiger partial charge in [0.25, 0.3) is 0 Å². The lowest BCUT2D eigenvalue weighted by atomic mass is 9.98. The van der Waals surface area contributed by atoms with Crippen molar-refractivity contribution in [1.82, 2.24) is 4.90 Å². The summed E-state index contributed by atoms with van der Waals surface area (Å²) in [6.45, 7) is 4.68. The van der Waals surface area contributed by atoms with E-state index in [9.17, 15) is 0 Å². The van der Waals surface area contributed by atoms with Crippen LogP contribution in [0.25, 0.3) is 0 Å². The Labute approximate surface area is 114 Å². The summed E-state index contributed by atoms with van der Waals surface area (Å²) in [5.41, 5.74) is 5.73. The lowest BCUT2D eigenvalue weighted by molar-refractivity contribution is 0.149. The predicted octanol–water partition coefficient (Wildman–Crippen LogP) is 2.39. The number of benzene rings is 1. The Morgan fingerprint density at radius 3 is 3.00 bits per heavy atom. The summed E-state index contributed by atoms with van der Waals surface area (Å²) in [6, 6.07) is 7.60. The van der Waals surface area contributed by atoms with Crippen molar-refractivity contribution >= 4 is 11.6 Å². The molecule has 2 rings (SSSR count). The quantitative estimate of drug-likeness (QED) is 0.891. The van der Waals surface area contributed by atoms with Crippen LogP contribution >= 0.6 is 11.6 Å². The molecule has 1 atom stereocenters. The highest BCUT2D eigenvalue weighted by molar-refractivity contribution is 6.32. The fraction of sp³-hybridized carbons (Fsp3) is 0.571. The van der Waals surface area contributed by atoms with Crippen molar-refractivity contribution in [3.8, 4) is 5.75 Å². The first-order valence-corrected chi connectivity index (χ1v) is 6.97. The standard InChI is InChI=1S/C14H21ClN2O/c15-13-5-1-2-6-14(13)18-9-8-17-7-3-4-12(10-16)11-17/h1-2,5-6,12H,3-4,7-11,16H2. The van der Waals surface area contributed by atoms with Gasteiger partial charge in [-0.3, -0.25) is 4.90 Å². The Balaban J connectivity index is 1.73. The minimum absolute atomic E-state index is 0.652. The van der Waals surface area contributed by atoms with Gasteiger partial charge in [-0.15, -0.1) is 0 Å². The molecule has 0 saturated carbocycles. The Kier molecular flexibility index (Phi) is 5.29. The molecular weight excluding hydrogens is 248 g/mol. The molecule has 0 aliphatic carbocycles. The van der Waals surface area contributed by atoms with E-state index in [1.54, 1.807) is 0 Å². The third-order valence-corrected chi connectivity index (χ3v) is 3.75. The molecule has 0 spiro atoms. The van der Waals surface area contributed by atoms with Crippen LogP contribution in [0, 0.1) is 5.92 Å². The molecule has 1 heterocycles. The van der Waals surface area contributed by atoms with E-state index in [1.165, 1.54) is 12.8 Å². The molecule has 100 valence electrons. The van der Waals surface area contributed by atoms with Crippen LogP contribution in [-0.4, -0.2) is 37.7 Å². The Morgan fingerprint density at radius 2 is 2.22 bits per heavy atom.